The summed E-state index contributed by atoms with van der Waals surface area (Å²) in [6.45, 7) is -0.165. The van der Waals surface area contributed by atoms with Gasteiger partial charge in [-0.15, -0.1) is 0 Å². The first kappa shape index (κ1) is 19.8. The van der Waals surface area contributed by atoms with Crippen LogP contribution in [0, 0.1) is 5.82 Å². The molecule has 0 saturated heterocycles. The van der Waals surface area contributed by atoms with Gasteiger partial charge in [0.2, 0.25) is 5.88 Å². The van der Waals surface area contributed by atoms with Gasteiger partial charge < -0.3 is 14.8 Å². The number of benzene rings is 1. The lowest BCUT2D eigenvalue weighted by atomic mass is 10.1. The van der Waals surface area contributed by atoms with Crippen molar-refractivity contribution < 1.29 is 31.9 Å². The number of nitrogens with zero attached hydrogens (tertiary/aromatic N) is 1. The Kier molecular flexibility index (Phi) is 5.93. The van der Waals surface area contributed by atoms with E-state index < -0.39 is 27.5 Å². The van der Waals surface area contributed by atoms with Crippen molar-refractivity contribution in [1.82, 2.24) is 9.69 Å². The van der Waals surface area contributed by atoms with Crippen LogP contribution in [0.1, 0.15) is 26.3 Å². The van der Waals surface area contributed by atoms with Crippen LogP contribution in [0.3, 0.4) is 0 Å². The van der Waals surface area contributed by atoms with Crippen LogP contribution in [0.4, 0.5) is 4.39 Å². The first-order valence-corrected chi connectivity index (χ1v) is 9.76. The average molecular weight is 402 g/mol. The number of methoxy groups -OCH3 is 1. The Morgan fingerprint density at radius 3 is 2.62 bits per heavy atom. The zero-order valence-electron chi connectivity index (χ0n) is 14.0. The third kappa shape index (κ3) is 4.17. The number of hydrogen-bond acceptors (Lipinski definition) is 8. The molecule has 1 N–H and O–H groups in total. The lowest BCUT2D eigenvalue weighted by Gasteiger charge is -2.08. The second-order valence-corrected chi connectivity index (χ2v) is 8.08. The number of halogens is 1. The predicted octanol–water partition coefficient (Wildman–Crippen LogP) is 1.41. The first-order chi connectivity index (χ1) is 12.2. The van der Waals surface area contributed by atoms with Crippen molar-refractivity contribution in [1.29, 1.82) is 0 Å². The maximum absolute atomic E-state index is 13.7. The van der Waals surface area contributed by atoms with Crippen molar-refractivity contribution in [3.63, 3.8) is 0 Å². The molecule has 11 heteroatoms. The molecule has 0 saturated carbocycles. The van der Waals surface area contributed by atoms with Crippen LogP contribution in [0.25, 0.3) is 0 Å². The van der Waals surface area contributed by atoms with Crippen molar-refractivity contribution in [3.05, 3.63) is 40.7 Å². The van der Waals surface area contributed by atoms with Crippen molar-refractivity contribution >= 4 is 33.2 Å². The van der Waals surface area contributed by atoms with Gasteiger partial charge in [0, 0.05) is 13.3 Å². The third-order valence-electron chi connectivity index (χ3n) is 3.23. The second kappa shape index (κ2) is 7.79. The van der Waals surface area contributed by atoms with Crippen LogP contribution >= 0.6 is 11.5 Å². The largest absolute Gasteiger partial charge is 0.472 e. The number of sulfone groups is 1. The number of carbonyl (C=O) groups is 2. The smallest absolute Gasteiger partial charge is 0.345 e. The standard InChI is InChI=1S/C15H15FN2O6S2/c1-17-12(19)9-6-8(4-5-10(9)16)7-24-13-11(14(20)23-2)15(25-18-13)26(3,21)22/h4-6H,7H2,1-3H3,(H,17,19). The maximum atomic E-state index is 13.7. The molecule has 1 heterocycles. The summed E-state index contributed by atoms with van der Waals surface area (Å²) in [4.78, 5) is 23.5. The van der Waals surface area contributed by atoms with Crippen molar-refractivity contribution in [3.8, 4) is 5.88 Å². The Hall–Kier alpha value is -2.53. The van der Waals surface area contributed by atoms with E-state index in [4.69, 9.17) is 4.74 Å². The zero-order chi connectivity index (χ0) is 19.5. The molecule has 0 aliphatic heterocycles. The topological polar surface area (TPSA) is 112 Å². The Bertz CT molecular complexity index is 955. The molecule has 0 spiro atoms. The number of esters is 1. The Morgan fingerprint density at radius 1 is 1.35 bits per heavy atom. The molecule has 0 unspecified atom stereocenters. The summed E-state index contributed by atoms with van der Waals surface area (Å²) in [5.41, 5.74) is -0.0414. The van der Waals surface area contributed by atoms with Crippen LogP contribution in [0.5, 0.6) is 5.88 Å². The molecule has 2 aromatic rings. The Morgan fingerprint density at radius 2 is 2.04 bits per heavy atom. The highest BCUT2D eigenvalue weighted by atomic mass is 32.2. The molecule has 0 aliphatic rings. The molecule has 1 aromatic heterocycles. The molecule has 0 radical (unpaired) electrons. The molecule has 0 aliphatic carbocycles. The van der Waals surface area contributed by atoms with Crippen LogP contribution in [-0.4, -0.2) is 45.1 Å². The van der Waals surface area contributed by atoms with Crippen molar-refractivity contribution in [2.24, 2.45) is 0 Å². The molecule has 0 fully saturated rings. The van der Waals surface area contributed by atoms with E-state index >= 15 is 0 Å². The SMILES string of the molecule is CNC(=O)c1cc(COc2nsc(S(C)(=O)=O)c2C(=O)OC)ccc1F. The predicted molar refractivity (Wildman–Crippen MR) is 90.7 cm³/mol. The lowest BCUT2D eigenvalue weighted by Crippen LogP contribution is -2.19. The third-order valence-corrected chi connectivity index (χ3v) is 5.87. The monoisotopic (exact) mass is 402 g/mol. The number of rotatable bonds is 6. The van der Waals surface area contributed by atoms with Crippen LogP contribution in [0.2, 0.25) is 0 Å². The van der Waals surface area contributed by atoms with E-state index in [0.29, 0.717) is 17.1 Å². The van der Waals surface area contributed by atoms with Gasteiger partial charge in [0.05, 0.1) is 12.7 Å². The quantitative estimate of drug-likeness (QED) is 0.727. The van der Waals surface area contributed by atoms with Gasteiger partial charge in [0.1, 0.15) is 12.4 Å². The van der Waals surface area contributed by atoms with Gasteiger partial charge in [-0.3, -0.25) is 4.79 Å². The molecule has 1 amide bonds. The average Bonchev–Trinajstić information content (AvgIpc) is 3.04. The molecule has 26 heavy (non-hydrogen) atoms. The van der Waals surface area contributed by atoms with E-state index in [1.54, 1.807) is 0 Å². The lowest BCUT2D eigenvalue weighted by molar-refractivity contribution is 0.0591. The summed E-state index contributed by atoms with van der Waals surface area (Å²) in [6.07, 6.45) is 0.937. The van der Waals surface area contributed by atoms with Gasteiger partial charge in [-0.05, 0) is 29.2 Å². The molecule has 0 bridgehead atoms. The maximum Gasteiger partial charge on any atom is 0.345 e. The Labute approximate surface area is 153 Å². The first-order valence-electron chi connectivity index (χ1n) is 7.10. The summed E-state index contributed by atoms with van der Waals surface area (Å²) < 4.78 is 50.8. The number of aromatic nitrogens is 1. The highest BCUT2D eigenvalue weighted by Crippen LogP contribution is 2.31. The van der Waals surface area contributed by atoms with Crippen LogP contribution in [-0.2, 0) is 21.2 Å². The second-order valence-electron chi connectivity index (χ2n) is 5.10. The number of carbonyl (C=O) groups excluding carboxylic acids is 2. The zero-order valence-corrected chi connectivity index (χ0v) is 15.7. The summed E-state index contributed by atoms with van der Waals surface area (Å²) >= 11 is 0.588. The normalized spacial score (nSPS) is 11.1. The number of hydrogen-bond donors (Lipinski definition) is 1. The van der Waals surface area contributed by atoms with E-state index in [2.05, 4.69) is 14.4 Å². The number of nitrogens with one attached hydrogen (secondary N) is 1. The fourth-order valence-electron chi connectivity index (χ4n) is 2.01. The van der Waals surface area contributed by atoms with Crippen molar-refractivity contribution in [2.75, 3.05) is 20.4 Å². The van der Waals surface area contributed by atoms with Gasteiger partial charge in [-0.2, -0.15) is 4.37 Å². The van der Waals surface area contributed by atoms with E-state index in [1.807, 2.05) is 0 Å². The molecule has 0 atom stereocenters. The van der Waals surface area contributed by atoms with Gasteiger partial charge >= 0.3 is 5.97 Å². The molecule has 1 aromatic carbocycles. The van der Waals surface area contributed by atoms with Crippen LogP contribution in [0.15, 0.2) is 22.4 Å². The minimum Gasteiger partial charge on any atom is -0.472 e. The molecule has 140 valence electrons. The van der Waals surface area contributed by atoms with Gasteiger partial charge in [-0.25, -0.2) is 17.6 Å². The Balaban J connectivity index is 2.32. The fourth-order valence-corrected chi connectivity index (χ4v) is 3.77. The van der Waals surface area contributed by atoms with E-state index in [9.17, 15) is 22.4 Å². The molecule has 2 rings (SSSR count). The minimum absolute atomic E-state index is 0.165. The summed E-state index contributed by atoms with van der Waals surface area (Å²) in [5, 5.41) is 2.32. The molecular formula is C15H15FN2O6S2. The molecular weight excluding hydrogens is 387 g/mol. The van der Waals surface area contributed by atoms with E-state index in [0.717, 1.165) is 19.4 Å². The summed E-state index contributed by atoms with van der Waals surface area (Å²) in [5.74, 6) is -2.42. The summed E-state index contributed by atoms with van der Waals surface area (Å²) in [7, 11) is -1.23. The van der Waals surface area contributed by atoms with Gasteiger partial charge in [0.15, 0.2) is 19.6 Å². The number of ether oxygens (including phenoxy) is 2. The highest BCUT2D eigenvalue weighted by molar-refractivity contribution is 7.92. The molecule has 8 nitrogen and oxygen atoms in total. The highest BCUT2D eigenvalue weighted by Gasteiger charge is 2.29. The van der Waals surface area contributed by atoms with Gasteiger partial charge in [-0.1, -0.05) is 6.07 Å². The van der Waals surface area contributed by atoms with Gasteiger partial charge in [0.25, 0.3) is 5.91 Å². The van der Waals surface area contributed by atoms with Crippen molar-refractivity contribution in [2.45, 2.75) is 10.8 Å². The van der Waals surface area contributed by atoms with E-state index in [1.165, 1.54) is 19.2 Å². The van der Waals surface area contributed by atoms with E-state index in [-0.39, 0.29) is 27.8 Å². The summed E-state index contributed by atoms with van der Waals surface area (Å²) in [6, 6.07) is 3.78. The number of amides is 1. The van der Waals surface area contributed by atoms with Crippen LogP contribution < -0.4 is 10.1 Å². The minimum atomic E-state index is -3.70. The fraction of sp³-hybridized carbons (Fsp3) is 0.267.